The fourth-order valence-electron chi connectivity index (χ4n) is 5.78. The predicted octanol–water partition coefficient (Wildman–Crippen LogP) is 9.72. The van der Waals surface area contributed by atoms with Crippen molar-refractivity contribution < 1.29 is 26.7 Å². The number of hydrogen-bond donors (Lipinski definition) is 0. The van der Waals surface area contributed by atoms with Gasteiger partial charge in [0, 0.05) is 6.07 Å². The van der Waals surface area contributed by atoms with Gasteiger partial charge in [-0.15, -0.1) is 0 Å². The third kappa shape index (κ3) is 4.83. The lowest BCUT2D eigenvalue weighted by Crippen LogP contribution is -2.14. The van der Waals surface area contributed by atoms with Crippen LogP contribution in [0.15, 0.2) is 40.8 Å². The Bertz CT molecular complexity index is 1400. The van der Waals surface area contributed by atoms with Crippen molar-refractivity contribution in [3.63, 3.8) is 0 Å². The van der Waals surface area contributed by atoms with E-state index in [2.05, 4.69) is 31.2 Å². The standard InChI is InChI=1S/C31H32F4O2/c1-3-5-6-7-18-8-10-19(11-9-18)20-12-14-21(15-13-20)22-16-23-26(30(34)28(22)32)27-24(37-23)17-25(36-4-2)29(33)31(27)35/h8-11,16-17,20-21H,3-7,12-15H2,1-2H3. The first kappa shape index (κ1) is 25.6. The maximum atomic E-state index is 15.3. The van der Waals surface area contributed by atoms with Gasteiger partial charge in [-0.1, -0.05) is 44.0 Å². The summed E-state index contributed by atoms with van der Waals surface area (Å²) >= 11 is 0. The molecule has 3 aromatic carbocycles. The summed E-state index contributed by atoms with van der Waals surface area (Å²) in [7, 11) is 0. The molecule has 0 spiro atoms. The first-order chi connectivity index (χ1) is 17.9. The molecule has 1 aliphatic carbocycles. The number of unbranched alkanes of at least 4 members (excludes halogenated alkanes) is 2. The molecule has 4 aromatic rings. The van der Waals surface area contributed by atoms with Crippen molar-refractivity contribution in [2.75, 3.05) is 6.61 Å². The normalized spacial score (nSPS) is 18.1. The molecule has 1 aliphatic rings. The molecule has 0 N–H and O–H groups in total. The maximum absolute atomic E-state index is 15.3. The summed E-state index contributed by atoms with van der Waals surface area (Å²) in [6.07, 6.45) is 7.91. The van der Waals surface area contributed by atoms with Crippen molar-refractivity contribution in [3.8, 4) is 5.75 Å². The smallest absolute Gasteiger partial charge is 0.201 e. The first-order valence-electron chi connectivity index (χ1n) is 13.4. The van der Waals surface area contributed by atoms with E-state index in [1.54, 1.807) is 6.92 Å². The van der Waals surface area contributed by atoms with E-state index < -0.39 is 28.7 Å². The summed E-state index contributed by atoms with van der Waals surface area (Å²) < 4.78 is 70.6. The fourth-order valence-corrected chi connectivity index (χ4v) is 5.78. The summed E-state index contributed by atoms with van der Waals surface area (Å²) in [5.74, 6) is -4.86. The molecule has 1 saturated carbocycles. The predicted molar refractivity (Wildman–Crippen MR) is 138 cm³/mol. The van der Waals surface area contributed by atoms with Gasteiger partial charge in [0.1, 0.15) is 11.2 Å². The summed E-state index contributed by atoms with van der Waals surface area (Å²) in [4.78, 5) is 0. The van der Waals surface area contributed by atoms with E-state index in [1.165, 1.54) is 42.5 Å². The van der Waals surface area contributed by atoms with Gasteiger partial charge in [0.2, 0.25) is 5.82 Å². The molecule has 0 bridgehead atoms. The highest BCUT2D eigenvalue weighted by Crippen LogP contribution is 2.44. The number of ether oxygens (including phenoxy) is 1. The molecule has 0 saturated heterocycles. The van der Waals surface area contributed by atoms with Crippen molar-refractivity contribution in [1.82, 2.24) is 0 Å². The fraction of sp³-hybridized carbons (Fsp3) is 0.419. The van der Waals surface area contributed by atoms with E-state index in [0.29, 0.717) is 18.8 Å². The molecule has 0 amide bonds. The molecule has 1 aromatic heterocycles. The monoisotopic (exact) mass is 512 g/mol. The molecule has 196 valence electrons. The molecular weight excluding hydrogens is 480 g/mol. The Kier molecular flexibility index (Phi) is 7.45. The number of aryl methyl sites for hydroxylation is 1. The Hall–Kier alpha value is -3.02. The third-order valence-corrected chi connectivity index (χ3v) is 7.79. The number of fused-ring (bicyclic) bond motifs is 3. The van der Waals surface area contributed by atoms with Crippen LogP contribution in [0.3, 0.4) is 0 Å². The van der Waals surface area contributed by atoms with Crippen LogP contribution in [0.25, 0.3) is 21.9 Å². The van der Waals surface area contributed by atoms with Crippen LogP contribution in [0.4, 0.5) is 17.6 Å². The second-order valence-electron chi connectivity index (χ2n) is 10.1. The SMILES string of the molecule is CCCCCc1ccc(C2CCC(c3cc4oc5cc(OCC)c(F)c(F)c5c4c(F)c3F)CC2)cc1. The number of rotatable bonds is 8. The van der Waals surface area contributed by atoms with E-state index in [4.69, 9.17) is 9.15 Å². The highest BCUT2D eigenvalue weighted by molar-refractivity contribution is 6.06. The topological polar surface area (TPSA) is 22.4 Å². The van der Waals surface area contributed by atoms with Crippen LogP contribution in [-0.2, 0) is 6.42 Å². The van der Waals surface area contributed by atoms with Crippen molar-refractivity contribution in [2.24, 2.45) is 0 Å². The van der Waals surface area contributed by atoms with Gasteiger partial charge >= 0.3 is 0 Å². The molecule has 1 fully saturated rings. The summed E-state index contributed by atoms with van der Waals surface area (Å²) in [6, 6.07) is 11.5. The minimum absolute atomic E-state index is 0.0108. The molecule has 5 rings (SSSR count). The molecule has 2 nitrogen and oxygen atoms in total. The van der Waals surface area contributed by atoms with Crippen LogP contribution in [-0.4, -0.2) is 6.61 Å². The van der Waals surface area contributed by atoms with Crippen LogP contribution in [0.2, 0.25) is 0 Å². The van der Waals surface area contributed by atoms with Crippen molar-refractivity contribution in [1.29, 1.82) is 0 Å². The van der Waals surface area contributed by atoms with Crippen molar-refractivity contribution in [2.45, 2.75) is 77.0 Å². The Balaban J connectivity index is 1.38. The average molecular weight is 513 g/mol. The molecule has 1 heterocycles. The largest absolute Gasteiger partial charge is 0.491 e. The zero-order valence-corrected chi connectivity index (χ0v) is 21.3. The van der Waals surface area contributed by atoms with Crippen molar-refractivity contribution in [3.05, 3.63) is 76.4 Å². The van der Waals surface area contributed by atoms with Crippen molar-refractivity contribution >= 4 is 21.9 Å². The van der Waals surface area contributed by atoms with Gasteiger partial charge in [0.25, 0.3) is 0 Å². The van der Waals surface area contributed by atoms with Gasteiger partial charge in [0.15, 0.2) is 23.2 Å². The van der Waals surface area contributed by atoms with Gasteiger partial charge in [-0.05, 0) is 80.0 Å². The Morgan fingerprint density at radius 3 is 2.03 bits per heavy atom. The molecule has 0 radical (unpaired) electrons. The van der Waals surface area contributed by atoms with Gasteiger partial charge in [-0.25, -0.2) is 13.2 Å². The third-order valence-electron chi connectivity index (χ3n) is 7.79. The zero-order chi connectivity index (χ0) is 26.1. The lowest BCUT2D eigenvalue weighted by molar-refractivity contribution is 0.315. The number of hydrogen-bond acceptors (Lipinski definition) is 2. The number of furan rings is 1. The summed E-state index contributed by atoms with van der Waals surface area (Å²) in [5, 5.41) is -0.774. The first-order valence-corrected chi connectivity index (χ1v) is 13.4. The number of benzene rings is 3. The van der Waals surface area contributed by atoms with Gasteiger partial charge in [0.05, 0.1) is 17.4 Å². The summed E-state index contributed by atoms with van der Waals surface area (Å²) in [5.41, 5.74) is 2.82. The second-order valence-corrected chi connectivity index (χ2v) is 10.1. The summed E-state index contributed by atoms with van der Waals surface area (Å²) in [6.45, 7) is 3.97. The van der Waals surface area contributed by atoms with Crippen LogP contribution < -0.4 is 4.74 Å². The second kappa shape index (κ2) is 10.8. The van der Waals surface area contributed by atoms with E-state index >= 15 is 8.78 Å². The quantitative estimate of drug-likeness (QED) is 0.173. The highest BCUT2D eigenvalue weighted by atomic mass is 19.2. The van der Waals surface area contributed by atoms with Crippen LogP contribution in [0.5, 0.6) is 5.75 Å². The molecule has 0 unspecified atom stereocenters. The average Bonchev–Trinajstić information content (AvgIpc) is 3.28. The Labute approximate surface area is 214 Å². The Morgan fingerprint density at radius 1 is 0.757 bits per heavy atom. The van der Waals surface area contributed by atoms with Crippen LogP contribution >= 0.6 is 0 Å². The van der Waals surface area contributed by atoms with Gasteiger partial charge in [-0.2, -0.15) is 4.39 Å². The highest BCUT2D eigenvalue weighted by Gasteiger charge is 2.30. The van der Waals surface area contributed by atoms with Crippen LogP contribution in [0.1, 0.15) is 87.3 Å². The lowest BCUT2D eigenvalue weighted by Gasteiger charge is -2.29. The minimum atomic E-state index is -1.30. The Morgan fingerprint density at radius 2 is 1.38 bits per heavy atom. The van der Waals surface area contributed by atoms with E-state index in [1.807, 2.05) is 0 Å². The van der Waals surface area contributed by atoms with E-state index in [0.717, 1.165) is 19.3 Å². The number of halogens is 4. The molecule has 0 atom stereocenters. The van der Waals surface area contributed by atoms with E-state index in [9.17, 15) is 8.78 Å². The lowest BCUT2D eigenvalue weighted by atomic mass is 9.76. The maximum Gasteiger partial charge on any atom is 0.201 e. The molecule has 6 heteroatoms. The minimum Gasteiger partial charge on any atom is -0.491 e. The molecule has 37 heavy (non-hydrogen) atoms. The van der Waals surface area contributed by atoms with Gasteiger partial charge < -0.3 is 9.15 Å². The molecule has 0 aliphatic heterocycles. The van der Waals surface area contributed by atoms with E-state index in [-0.39, 0.29) is 40.4 Å². The zero-order valence-electron chi connectivity index (χ0n) is 21.3. The molecular formula is C31H32F4O2. The van der Waals surface area contributed by atoms with Crippen LogP contribution in [0, 0.1) is 23.3 Å². The van der Waals surface area contributed by atoms with Gasteiger partial charge in [-0.3, -0.25) is 0 Å².